The van der Waals surface area contributed by atoms with Gasteiger partial charge in [0, 0.05) is 13.0 Å². The van der Waals surface area contributed by atoms with Crippen molar-refractivity contribution in [1.82, 2.24) is 0 Å². The van der Waals surface area contributed by atoms with Crippen molar-refractivity contribution in [3.05, 3.63) is 0 Å². The molecule has 0 N–H and O–H groups in total. The van der Waals surface area contributed by atoms with E-state index in [1.807, 2.05) is 6.92 Å². The summed E-state index contributed by atoms with van der Waals surface area (Å²) in [7, 11) is 0. The largest absolute Gasteiger partial charge is 0.376 e. The molecular weight excluding hydrogens is 188 g/mol. The second-order valence-electron chi connectivity index (χ2n) is 5.11. The predicted octanol–water partition coefficient (Wildman–Crippen LogP) is 3.20. The summed E-state index contributed by atoms with van der Waals surface area (Å²) in [6, 6.07) is 0. The van der Waals surface area contributed by atoms with E-state index in [1.165, 1.54) is 12.8 Å². The van der Waals surface area contributed by atoms with E-state index in [0.29, 0.717) is 18.1 Å². The highest BCUT2D eigenvalue weighted by molar-refractivity contribution is 5.91. The van der Waals surface area contributed by atoms with Gasteiger partial charge in [0.15, 0.2) is 0 Å². The van der Waals surface area contributed by atoms with Crippen LogP contribution in [0.1, 0.15) is 53.4 Å². The number of Topliss-reactive ketones (excluding diaryl/α,β-unsaturated/α-hetero) is 1. The molecule has 1 fully saturated rings. The quantitative estimate of drug-likeness (QED) is 0.676. The maximum Gasteiger partial charge on any atom is 0.143 e. The van der Waals surface area contributed by atoms with Crippen molar-refractivity contribution in [2.24, 2.45) is 11.3 Å². The first-order chi connectivity index (χ1) is 7.04. The number of ether oxygens (including phenoxy) is 1. The highest BCUT2D eigenvalue weighted by atomic mass is 16.5. The molecule has 2 heteroatoms. The van der Waals surface area contributed by atoms with E-state index < -0.39 is 0 Å². The van der Waals surface area contributed by atoms with E-state index in [0.717, 1.165) is 13.0 Å². The van der Waals surface area contributed by atoms with Crippen LogP contribution in [-0.4, -0.2) is 18.5 Å². The molecule has 1 aliphatic rings. The van der Waals surface area contributed by atoms with Crippen LogP contribution in [0.3, 0.4) is 0 Å². The Balaban J connectivity index is 2.32. The molecule has 3 unspecified atom stereocenters. The van der Waals surface area contributed by atoms with Crippen molar-refractivity contribution in [3.63, 3.8) is 0 Å². The van der Waals surface area contributed by atoms with Crippen LogP contribution in [0.2, 0.25) is 0 Å². The molecule has 0 aromatic carbocycles. The first-order valence-corrected chi connectivity index (χ1v) is 6.19. The van der Waals surface area contributed by atoms with E-state index >= 15 is 0 Å². The van der Waals surface area contributed by atoms with Crippen LogP contribution in [0.25, 0.3) is 0 Å². The molecule has 88 valence electrons. The summed E-state index contributed by atoms with van der Waals surface area (Å²) >= 11 is 0. The minimum Gasteiger partial charge on any atom is -0.376 e. The van der Waals surface area contributed by atoms with E-state index in [-0.39, 0.29) is 11.5 Å². The van der Waals surface area contributed by atoms with Crippen LogP contribution >= 0.6 is 0 Å². The Bertz CT molecular complexity index is 225. The molecule has 15 heavy (non-hydrogen) atoms. The molecule has 1 rings (SSSR count). The van der Waals surface area contributed by atoms with Gasteiger partial charge >= 0.3 is 0 Å². The second-order valence-corrected chi connectivity index (χ2v) is 5.11. The molecule has 2 nitrogen and oxygen atoms in total. The van der Waals surface area contributed by atoms with Crippen molar-refractivity contribution in [2.75, 3.05) is 6.61 Å². The molecule has 0 aromatic rings. The molecule has 0 spiro atoms. The van der Waals surface area contributed by atoms with Crippen LogP contribution < -0.4 is 0 Å². The fourth-order valence-corrected chi connectivity index (χ4v) is 2.20. The lowest BCUT2D eigenvalue weighted by Gasteiger charge is -2.44. The molecule has 1 saturated carbocycles. The van der Waals surface area contributed by atoms with Crippen LogP contribution in [0, 0.1) is 11.3 Å². The zero-order valence-corrected chi connectivity index (χ0v) is 10.5. The average Bonchev–Trinajstić information content (AvgIpc) is 2.23. The minimum atomic E-state index is -0.189. The van der Waals surface area contributed by atoms with Crippen molar-refractivity contribution in [1.29, 1.82) is 0 Å². The smallest absolute Gasteiger partial charge is 0.143 e. The van der Waals surface area contributed by atoms with Gasteiger partial charge in [0.2, 0.25) is 0 Å². The normalized spacial score (nSPS) is 32.5. The van der Waals surface area contributed by atoms with E-state index in [4.69, 9.17) is 4.74 Å². The van der Waals surface area contributed by atoms with Crippen LogP contribution in [0.5, 0.6) is 0 Å². The van der Waals surface area contributed by atoms with E-state index in [9.17, 15) is 4.79 Å². The van der Waals surface area contributed by atoms with Crippen molar-refractivity contribution in [3.8, 4) is 0 Å². The molecule has 0 heterocycles. The van der Waals surface area contributed by atoms with Crippen LogP contribution in [0.4, 0.5) is 0 Å². The molecule has 1 aliphatic carbocycles. The Hall–Kier alpha value is -0.370. The number of carbonyl (C=O) groups excluding carboxylic acids is 1. The molecule has 0 bridgehead atoms. The highest BCUT2D eigenvalue weighted by Gasteiger charge is 2.50. The SMILES string of the molecule is CCCC(C)COC1CC(=O)C1(C)CC. The second kappa shape index (κ2) is 5.11. The van der Waals surface area contributed by atoms with Gasteiger partial charge in [-0.15, -0.1) is 0 Å². The lowest BCUT2D eigenvalue weighted by molar-refractivity contribution is -0.163. The maximum absolute atomic E-state index is 11.5. The van der Waals surface area contributed by atoms with E-state index in [2.05, 4.69) is 20.8 Å². The zero-order valence-electron chi connectivity index (χ0n) is 10.5. The van der Waals surface area contributed by atoms with Gasteiger partial charge in [-0.2, -0.15) is 0 Å². The van der Waals surface area contributed by atoms with Crippen LogP contribution in [-0.2, 0) is 9.53 Å². The van der Waals surface area contributed by atoms with Crippen molar-refractivity contribution >= 4 is 5.78 Å². The fourth-order valence-electron chi connectivity index (χ4n) is 2.20. The number of hydrogen-bond donors (Lipinski definition) is 0. The van der Waals surface area contributed by atoms with Gasteiger partial charge in [0.25, 0.3) is 0 Å². The maximum atomic E-state index is 11.5. The summed E-state index contributed by atoms with van der Waals surface area (Å²) in [4.78, 5) is 11.5. The van der Waals surface area contributed by atoms with Gasteiger partial charge in [-0.1, -0.05) is 34.1 Å². The molecule has 0 aliphatic heterocycles. The monoisotopic (exact) mass is 212 g/mol. The zero-order chi connectivity index (χ0) is 11.5. The first-order valence-electron chi connectivity index (χ1n) is 6.19. The summed E-state index contributed by atoms with van der Waals surface area (Å²) in [5.74, 6) is 0.991. The fraction of sp³-hybridized carbons (Fsp3) is 0.923. The third-order valence-electron chi connectivity index (χ3n) is 3.82. The first kappa shape index (κ1) is 12.7. The number of ketones is 1. The number of carbonyl (C=O) groups is 1. The molecule has 0 radical (unpaired) electrons. The van der Waals surface area contributed by atoms with Crippen molar-refractivity contribution in [2.45, 2.75) is 59.5 Å². The van der Waals surface area contributed by atoms with Gasteiger partial charge in [0.05, 0.1) is 11.5 Å². The Morgan fingerprint density at radius 2 is 2.20 bits per heavy atom. The Labute approximate surface area is 93.4 Å². The summed E-state index contributed by atoms with van der Waals surface area (Å²) in [6.07, 6.45) is 4.12. The predicted molar refractivity (Wildman–Crippen MR) is 61.8 cm³/mol. The standard InChI is InChI=1S/C13H24O2/c1-5-7-10(3)9-15-12-8-11(14)13(12,4)6-2/h10,12H,5-9H2,1-4H3. The molecule has 0 aromatic heterocycles. The Morgan fingerprint density at radius 1 is 1.53 bits per heavy atom. The summed E-state index contributed by atoms with van der Waals surface area (Å²) in [6.45, 7) is 9.32. The van der Waals surface area contributed by atoms with E-state index in [1.54, 1.807) is 0 Å². The molecule has 0 saturated heterocycles. The molecule has 3 atom stereocenters. The Kier molecular flexibility index (Phi) is 4.32. The summed E-state index contributed by atoms with van der Waals surface area (Å²) in [5, 5.41) is 0. The van der Waals surface area contributed by atoms with Gasteiger partial charge in [-0.25, -0.2) is 0 Å². The van der Waals surface area contributed by atoms with Crippen LogP contribution in [0.15, 0.2) is 0 Å². The van der Waals surface area contributed by atoms with Gasteiger partial charge in [-0.3, -0.25) is 4.79 Å². The minimum absolute atomic E-state index is 0.175. The third-order valence-corrected chi connectivity index (χ3v) is 3.82. The van der Waals surface area contributed by atoms with Gasteiger partial charge in [0.1, 0.15) is 5.78 Å². The van der Waals surface area contributed by atoms with Crippen molar-refractivity contribution < 1.29 is 9.53 Å². The lowest BCUT2D eigenvalue weighted by atomic mass is 9.64. The number of hydrogen-bond acceptors (Lipinski definition) is 2. The Morgan fingerprint density at radius 3 is 2.67 bits per heavy atom. The highest BCUT2D eigenvalue weighted by Crippen LogP contribution is 2.42. The summed E-state index contributed by atoms with van der Waals surface area (Å²) in [5.41, 5.74) is -0.189. The van der Waals surface area contributed by atoms with Gasteiger partial charge in [-0.05, 0) is 18.8 Å². The average molecular weight is 212 g/mol. The molecular formula is C13H24O2. The lowest BCUT2D eigenvalue weighted by Crippen LogP contribution is -2.53. The topological polar surface area (TPSA) is 26.3 Å². The third kappa shape index (κ3) is 2.60. The summed E-state index contributed by atoms with van der Waals surface area (Å²) < 4.78 is 5.85. The van der Waals surface area contributed by atoms with Gasteiger partial charge < -0.3 is 4.74 Å². The molecule has 0 amide bonds. The number of rotatable bonds is 6.